The number of amides is 1. The van der Waals surface area contributed by atoms with E-state index >= 15 is 0 Å². The van der Waals surface area contributed by atoms with Crippen molar-refractivity contribution in [3.63, 3.8) is 0 Å². The highest BCUT2D eigenvalue weighted by Gasteiger charge is 2.26. The number of hydrogen-bond donors (Lipinski definition) is 4. The molecular formula is C38H75NO4. The van der Waals surface area contributed by atoms with E-state index in [1.165, 1.54) is 128 Å². The lowest BCUT2D eigenvalue weighted by Gasteiger charge is -2.26. The number of unbranched alkanes of at least 4 members (excludes halogenated alkanes) is 24. The fourth-order valence-corrected chi connectivity index (χ4v) is 5.86. The van der Waals surface area contributed by atoms with E-state index in [0.717, 1.165) is 44.9 Å². The van der Waals surface area contributed by atoms with Crippen LogP contribution in [0.3, 0.4) is 0 Å². The first-order chi connectivity index (χ1) is 21.1. The number of allylic oxidation sites excluding steroid dienone is 2. The van der Waals surface area contributed by atoms with Crippen molar-refractivity contribution in [2.75, 3.05) is 6.61 Å². The van der Waals surface area contributed by atoms with Gasteiger partial charge in [0.2, 0.25) is 5.91 Å². The van der Waals surface area contributed by atoms with Crippen LogP contribution in [0.4, 0.5) is 0 Å². The Kier molecular flexibility index (Phi) is 33.3. The molecule has 5 heteroatoms. The third kappa shape index (κ3) is 29.6. The lowest BCUT2D eigenvalue weighted by molar-refractivity contribution is -0.124. The number of carbonyl (C=O) groups is 1. The normalized spacial score (nSPS) is 13.9. The second kappa shape index (κ2) is 34.0. The Bertz CT molecular complexity index is 596. The van der Waals surface area contributed by atoms with E-state index in [2.05, 4.69) is 31.3 Å². The van der Waals surface area contributed by atoms with Gasteiger partial charge in [-0.25, -0.2) is 0 Å². The Morgan fingerprint density at radius 3 is 1.35 bits per heavy atom. The van der Waals surface area contributed by atoms with Gasteiger partial charge in [-0.15, -0.1) is 0 Å². The number of carbonyl (C=O) groups excluding carboxylic acids is 1. The third-order valence-electron chi connectivity index (χ3n) is 8.87. The Hall–Kier alpha value is -0.910. The van der Waals surface area contributed by atoms with Crippen molar-refractivity contribution in [3.8, 4) is 0 Å². The van der Waals surface area contributed by atoms with Gasteiger partial charge in [-0.05, 0) is 38.5 Å². The van der Waals surface area contributed by atoms with Gasteiger partial charge in [0, 0.05) is 6.42 Å². The average Bonchev–Trinajstić information content (AvgIpc) is 3.01. The summed E-state index contributed by atoms with van der Waals surface area (Å²) in [5, 5.41) is 33.4. The summed E-state index contributed by atoms with van der Waals surface area (Å²) in [5.41, 5.74) is 0. The zero-order valence-electron chi connectivity index (χ0n) is 28.8. The van der Waals surface area contributed by atoms with Crippen LogP contribution in [0.5, 0.6) is 0 Å². The van der Waals surface area contributed by atoms with E-state index in [9.17, 15) is 20.1 Å². The molecule has 0 spiro atoms. The fourth-order valence-electron chi connectivity index (χ4n) is 5.86. The van der Waals surface area contributed by atoms with Crippen LogP contribution in [0, 0.1) is 0 Å². The van der Waals surface area contributed by atoms with Gasteiger partial charge in [-0.2, -0.15) is 0 Å². The predicted molar refractivity (Wildman–Crippen MR) is 185 cm³/mol. The van der Waals surface area contributed by atoms with E-state index in [-0.39, 0.29) is 12.5 Å². The minimum Gasteiger partial charge on any atom is -0.394 e. The van der Waals surface area contributed by atoms with Crippen LogP contribution in [-0.2, 0) is 4.79 Å². The minimum atomic E-state index is -1.14. The molecule has 0 radical (unpaired) electrons. The molecule has 0 aliphatic carbocycles. The largest absolute Gasteiger partial charge is 0.394 e. The third-order valence-corrected chi connectivity index (χ3v) is 8.87. The molecule has 4 N–H and O–H groups in total. The van der Waals surface area contributed by atoms with Crippen LogP contribution in [0.2, 0.25) is 0 Å². The lowest BCUT2D eigenvalue weighted by Crippen LogP contribution is -2.50. The Labute approximate surface area is 268 Å². The van der Waals surface area contributed by atoms with Crippen molar-refractivity contribution in [1.29, 1.82) is 0 Å². The number of rotatable bonds is 34. The first-order valence-electron chi connectivity index (χ1n) is 19.0. The van der Waals surface area contributed by atoms with Crippen LogP contribution in [-0.4, -0.2) is 46.1 Å². The number of hydrogen-bond acceptors (Lipinski definition) is 4. The minimum absolute atomic E-state index is 0.161. The smallest absolute Gasteiger partial charge is 0.220 e. The Morgan fingerprint density at radius 2 is 0.930 bits per heavy atom. The molecule has 0 aliphatic heterocycles. The topological polar surface area (TPSA) is 89.8 Å². The van der Waals surface area contributed by atoms with Crippen molar-refractivity contribution in [2.45, 2.75) is 218 Å². The standard InChI is InChI=1S/C38H75NO4/c1-3-5-7-9-11-13-15-17-18-19-21-22-24-26-28-30-32-36(41)38(43)35(34-40)39-37(42)33-31-29-27-25-23-20-16-14-12-10-8-6-4-2/h20,23,35-36,38,40-41,43H,3-19,21-22,24-34H2,1-2H3,(H,39,42)/b23-20-. The summed E-state index contributed by atoms with van der Waals surface area (Å²) in [4.78, 5) is 12.3. The van der Waals surface area contributed by atoms with Crippen molar-refractivity contribution in [3.05, 3.63) is 12.2 Å². The summed E-state index contributed by atoms with van der Waals surface area (Å²) in [6.07, 6.45) is 37.3. The van der Waals surface area contributed by atoms with Gasteiger partial charge < -0.3 is 20.6 Å². The van der Waals surface area contributed by atoms with E-state index in [4.69, 9.17) is 0 Å². The monoisotopic (exact) mass is 610 g/mol. The highest BCUT2D eigenvalue weighted by atomic mass is 16.3. The van der Waals surface area contributed by atoms with E-state index in [1.54, 1.807) is 0 Å². The van der Waals surface area contributed by atoms with Crippen LogP contribution < -0.4 is 5.32 Å². The summed E-state index contributed by atoms with van der Waals surface area (Å²) in [5.74, 6) is -0.161. The summed E-state index contributed by atoms with van der Waals surface area (Å²) < 4.78 is 0. The highest BCUT2D eigenvalue weighted by Crippen LogP contribution is 2.16. The summed E-state index contributed by atoms with van der Waals surface area (Å²) in [6, 6.07) is -0.812. The molecule has 0 aromatic carbocycles. The predicted octanol–water partition coefficient (Wildman–Crippen LogP) is 10.1. The van der Waals surface area contributed by atoms with Gasteiger partial charge in [-0.1, -0.05) is 167 Å². The quantitative estimate of drug-likeness (QED) is 0.0432. The molecule has 256 valence electrons. The second-order valence-corrected chi connectivity index (χ2v) is 13.1. The molecule has 0 rings (SSSR count). The molecule has 43 heavy (non-hydrogen) atoms. The van der Waals surface area contributed by atoms with Crippen molar-refractivity contribution in [2.24, 2.45) is 0 Å². The lowest BCUT2D eigenvalue weighted by atomic mass is 9.99. The van der Waals surface area contributed by atoms with Crippen molar-refractivity contribution < 1.29 is 20.1 Å². The average molecular weight is 610 g/mol. The molecule has 0 saturated carbocycles. The van der Waals surface area contributed by atoms with E-state index in [1.807, 2.05) is 0 Å². The molecule has 0 aromatic heterocycles. The maximum Gasteiger partial charge on any atom is 0.220 e. The number of aliphatic hydroxyl groups excluding tert-OH is 3. The van der Waals surface area contributed by atoms with Gasteiger partial charge in [0.25, 0.3) is 0 Å². The fraction of sp³-hybridized carbons (Fsp3) is 0.921. The molecule has 3 unspecified atom stereocenters. The molecule has 0 aliphatic rings. The van der Waals surface area contributed by atoms with E-state index < -0.39 is 18.2 Å². The maximum absolute atomic E-state index is 12.3. The Balaban J connectivity index is 3.69. The number of aliphatic hydroxyl groups is 3. The molecule has 3 atom stereocenters. The van der Waals surface area contributed by atoms with Gasteiger partial charge >= 0.3 is 0 Å². The zero-order chi connectivity index (χ0) is 31.6. The summed E-state index contributed by atoms with van der Waals surface area (Å²) in [6.45, 7) is 4.15. The number of nitrogens with one attached hydrogen (secondary N) is 1. The first-order valence-corrected chi connectivity index (χ1v) is 19.0. The second-order valence-electron chi connectivity index (χ2n) is 13.1. The summed E-state index contributed by atoms with van der Waals surface area (Å²) in [7, 11) is 0. The van der Waals surface area contributed by atoms with Crippen molar-refractivity contribution >= 4 is 5.91 Å². The van der Waals surface area contributed by atoms with Gasteiger partial charge in [-0.3, -0.25) is 4.79 Å². The molecule has 0 aromatic rings. The molecule has 0 fully saturated rings. The van der Waals surface area contributed by atoms with Gasteiger partial charge in [0.15, 0.2) is 0 Å². The van der Waals surface area contributed by atoms with E-state index in [0.29, 0.717) is 12.8 Å². The zero-order valence-corrected chi connectivity index (χ0v) is 28.8. The maximum atomic E-state index is 12.3. The molecular weight excluding hydrogens is 534 g/mol. The van der Waals surface area contributed by atoms with Crippen molar-refractivity contribution in [1.82, 2.24) is 5.32 Å². The molecule has 0 bridgehead atoms. The molecule has 0 heterocycles. The first kappa shape index (κ1) is 42.1. The Morgan fingerprint density at radius 1 is 0.558 bits per heavy atom. The molecule has 0 saturated heterocycles. The molecule has 1 amide bonds. The van der Waals surface area contributed by atoms with Crippen LogP contribution in [0.25, 0.3) is 0 Å². The highest BCUT2D eigenvalue weighted by molar-refractivity contribution is 5.76. The van der Waals surface area contributed by atoms with Crippen LogP contribution >= 0.6 is 0 Å². The van der Waals surface area contributed by atoms with Crippen LogP contribution in [0.15, 0.2) is 12.2 Å². The SMILES string of the molecule is CCCCCCCC/C=C\CCCCCC(=O)NC(CO)C(O)C(O)CCCCCCCCCCCCCCCCCC. The molecule has 5 nitrogen and oxygen atoms in total. The van der Waals surface area contributed by atoms with Gasteiger partial charge in [0.05, 0.1) is 18.8 Å². The van der Waals surface area contributed by atoms with Crippen LogP contribution in [0.1, 0.15) is 200 Å². The van der Waals surface area contributed by atoms with Gasteiger partial charge in [0.1, 0.15) is 6.10 Å². The summed E-state index contributed by atoms with van der Waals surface area (Å²) >= 11 is 0.